The third-order valence-corrected chi connectivity index (χ3v) is 3.58. The summed E-state index contributed by atoms with van der Waals surface area (Å²) in [6.45, 7) is 3.16. The van der Waals surface area contributed by atoms with Gasteiger partial charge in [0, 0.05) is 23.1 Å². The lowest BCUT2D eigenvalue weighted by Crippen LogP contribution is -2.22. The predicted octanol–water partition coefficient (Wildman–Crippen LogP) is 3.39. The fourth-order valence-corrected chi connectivity index (χ4v) is 2.19. The molecule has 5 heteroatoms. The average molecular weight is 348 g/mol. The van der Waals surface area contributed by atoms with Crippen LogP contribution >= 0.6 is 15.9 Å². The number of nitrogen functional groups attached to an aromatic ring is 1. The highest BCUT2D eigenvalue weighted by molar-refractivity contribution is 9.10. The van der Waals surface area contributed by atoms with Gasteiger partial charge in [0.2, 0.25) is 0 Å². The molecule has 0 heterocycles. The standard InChI is InChI=1S/C16H18BrN3O/c1-2-19-16(21)12-5-8-15(14(18)9-12)20-10-11-3-6-13(17)7-4-11/h3-9,20H,2,10,18H2,1H3,(H,19,21). The lowest BCUT2D eigenvalue weighted by molar-refractivity contribution is 0.0956. The van der Waals surface area contributed by atoms with E-state index < -0.39 is 0 Å². The monoisotopic (exact) mass is 347 g/mol. The molecule has 2 aromatic carbocycles. The number of amides is 1. The molecule has 0 saturated heterocycles. The summed E-state index contributed by atoms with van der Waals surface area (Å²) in [6, 6.07) is 13.4. The molecule has 2 aromatic rings. The Morgan fingerprint density at radius 3 is 2.52 bits per heavy atom. The number of nitrogens with one attached hydrogen (secondary N) is 2. The molecular formula is C16H18BrN3O. The summed E-state index contributed by atoms with van der Waals surface area (Å²) in [7, 11) is 0. The third-order valence-electron chi connectivity index (χ3n) is 3.05. The van der Waals surface area contributed by atoms with Gasteiger partial charge in [-0.1, -0.05) is 28.1 Å². The van der Waals surface area contributed by atoms with E-state index in [2.05, 4.69) is 26.6 Å². The van der Waals surface area contributed by atoms with Crippen molar-refractivity contribution in [3.8, 4) is 0 Å². The summed E-state index contributed by atoms with van der Waals surface area (Å²) in [4.78, 5) is 11.7. The normalized spacial score (nSPS) is 10.2. The third kappa shape index (κ3) is 4.23. The van der Waals surface area contributed by atoms with Gasteiger partial charge < -0.3 is 16.4 Å². The second-order valence-electron chi connectivity index (χ2n) is 4.64. The van der Waals surface area contributed by atoms with Gasteiger partial charge in [0.05, 0.1) is 11.4 Å². The molecule has 0 aliphatic heterocycles. The van der Waals surface area contributed by atoms with E-state index in [1.807, 2.05) is 37.3 Å². The molecule has 0 fully saturated rings. The summed E-state index contributed by atoms with van der Waals surface area (Å²) in [5, 5.41) is 6.03. The van der Waals surface area contributed by atoms with Crippen molar-refractivity contribution in [1.82, 2.24) is 5.32 Å². The molecule has 0 spiro atoms. The van der Waals surface area contributed by atoms with Crippen LogP contribution in [0.15, 0.2) is 46.9 Å². The number of rotatable bonds is 5. The molecule has 21 heavy (non-hydrogen) atoms. The summed E-state index contributed by atoms with van der Waals surface area (Å²) in [5.74, 6) is -0.108. The highest BCUT2D eigenvalue weighted by atomic mass is 79.9. The molecule has 0 aromatic heterocycles. The molecule has 4 N–H and O–H groups in total. The molecular weight excluding hydrogens is 330 g/mol. The van der Waals surface area contributed by atoms with E-state index in [1.165, 1.54) is 0 Å². The largest absolute Gasteiger partial charge is 0.397 e. The fraction of sp³-hybridized carbons (Fsp3) is 0.188. The van der Waals surface area contributed by atoms with Gasteiger partial charge in [0.15, 0.2) is 0 Å². The number of hydrogen-bond acceptors (Lipinski definition) is 3. The van der Waals surface area contributed by atoms with Crippen LogP contribution in [0, 0.1) is 0 Å². The Bertz CT molecular complexity index is 626. The van der Waals surface area contributed by atoms with Crippen LogP contribution in [-0.4, -0.2) is 12.5 Å². The number of hydrogen-bond donors (Lipinski definition) is 3. The summed E-state index contributed by atoms with van der Waals surface area (Å²) >= 11 is 3.41. The number of benzene rings is 2. The molecule has 0 atom stereocenters. The Kier molecular flexibility index (Phi) is 5.22. The van der Waals surface area contributed by atoms with Gasteiger partial charge in [-0.15, -0.1) is 0 Å². The Morgan fingerprint density at radius 1 is 1.19 bits per heavy atom. The molecule has 0 aliphatic rings. The lowest BCUT2D eigenvalue weighted by Gasteiger charge is -2.11. The van der Waals surface area contributed by atoms with Gasteiger partial charge in [-0.25, -0.2) is 0 Å². The number of halogens is 1. The van der Waals surface area contributed by atoms with Crippen LogP contribution in [0.1, 0.15) is 22.8 Å². The average Bonchev–Trinajstić information content (AvgIpc) is 2.48. The van der Waals surface area contributed by atoms with E-state index in [9.17, 15) is 4.79 Å². The second kappa shape index (κ2) is 7.13. The molecule has 0 bridgehead atoms. The molecule has 2 rings (SSSR count). The lowest BCUT2D eigenvalue weighted by atomic mass is 10.1. The van der Waals surface area contributed by atoms with E-state index in [0.29, 0.717) is 24.3 Å². The van der Waals surface area contributed by atoms with Crippen LogP contribution in [0.2, 0.25) is 0 Å². The first-order valence-electron chi connectivity index (χ1n) is 6.76. The van der Waals surface area contributed by atoms with Gasteiger partial charge in [-0.2, -0.15) is 0 Å². The Morgan fingerprint density at radius 2 is 1.90 bits per heavy atom. The van der Waals surface area contributed by atoms with Gasteiger partial charge in [0.25, 0.3) is 5.91 Å². The van der Waals surface area contributed by atoms with Crippen molar-refractivity contribution in [3.05, 3.63) is 58.1 Å². The van der Waals surface area contributed by atoms with Crippen molar-refractivity contribution in [2.24, 2.45) is 0 Å². The first-order valence-corrected chi connectivity index (χ1v) is 7.55. The maximum atomic E-state index is 11.7. The van der Waals surface area contributed by atoms with Crippen LogP contribution in [-0.2, 0) is 6.54 Å². The Hall–Kier alpha value is -2.01. The van der Waals surface area contributed by atoms with Crippen LogP contribution < -0.4 is 16.4 Å². The van der Waals surface area contributed by atoms with E-state index in [0.717, 1.165) is 15.7 Å². The van der Waals surface area contributed by atoms with Crippen molar-refractivity contribution >= 4 is 33.2 Å². The van der Waals surface area contributed by atoms with E-state index in [1.54, 1.807) is 12.1 Å². The number of carbonyl (C=O) groups is 1. The quantitative estimate of drug-likeness (QED) is 0.726. The maximum absolute atomic E-state index is 11.7. The Balaban J connectivity index is 2.04. The zero-order valence-electron chi connectivity index (χ0n) is 11.8. The number of nitrogens with two attached hydrogens (primary N) is 1. The molecule has 0 aliphatic carbocycles. The maximum Gasteiger partial charge on any atom is 0.251 e. The van der Waals surface area contributed by atoms with Gasteiger partial charge >= 0.3 is 0 Å². The molecule has 0 unspecified atom stereocenters. The summed E-state index contributed by atoms with van der Waals surface area (Å²) < 4.78 is 1.05. The van der Waals surface area contributed by atoms with Crippen molar-refractivity contribution in [1.29, 1.82) is 0 Å². The molecule has 0 saturated carbocycles. The van der Waals surface area contributed by atoms with Gasteiger partial charge in [0.1, 0.15) is 0 Å². The fourth-order valence-electron chi connectivity index (χ4n) is 1.93. The molecule has 110 valence electrons. The van der Waals surface area contributed by atoms with Crippen LogP contribution in [0.5, 0.6) is 0 Å². The first-order chi connectivity index (χ1) is 10.1. The summed E-state index contributed by atoms with van der Waals surface area (Å²) in [5.41, 5.74) is 9.11. The zero-order chi connectivity index (χ0) is 15.2. The first kappa shape index (κ1) is 15.4. The highest BCUT2D eigenvalue weighted by Crippen LogP contribution is 2.21. The smallest absolute Gasteiger partial charge is 0.251 e. The minimum Gasteiger partial charge on any atom is -0.397 e. The van der Waals surface area contributed by atoms with E-state index in [-0.39, 0.29) is 5.91 Å². The summed E-state index contributed by atoms with van der Waals surface area (Å²) in [6.07, 6.45) is 0. The van der Waals surface area contributed by atoms with Crippen molar-refractivity contribution in [3.63, 3.8) is 0 Å². The van der Waals surface area contributed by atoms with Gasteiger partial charge in [-0.05, 0) is 42.8 Å². The topological polar surface area (TPSA) is 67.2 Å². The zero-order valence-corrected chi connectivity index (χ0v) is 13.4. The van der Waals surface area contributed by atoms with E-state index in [4.69, 9.17) is 5.73 Å². The van der Waals surface area contributed by atoms with Crippen molar-refractivity contribution in [2.45, 2.75) is 13.5 Å². The van der Waals surface area contributed by atoms with Crippen LogP contribution in [0.4, 0.5) is 11.4 Å². The minimum absolute atomic E-state index is 0.108. The highest BCUT2D eigenvalue weighted by Gasteiger charge is 2.07. The second-order valence-corrected chi connectivity index (χ2v) is 5.56. The number of carbonyl (C=O) groups excluding carboxylic acids is 1. The predicted molar refractivity (Wildman–Crippen MR) is 90.3 cm³/mol. The van der Waals surface area contributed by atoms with E-state index >= 15 is 0 Å². The molecule has 4 nitrogen and oxygen atoms in total. The molecule has 1 amide bonds. The number of anilines is 2. The van der Waals surface area contributed by atoms with Crippen LogP contribution in [0.25, 0.3) is 0 Å². The Labute approximate surface area is 132 Å². The minimum atomic E-state index is -0.108. The molecule has 0 radical (unpaired) electrons. The van der Waals surface area contributed by atoms with Crippen LogP contribution in [0.3, 0.4) is 0 Å². The SMILES string of the molecule is CCNC(=O)c1ccc(NCc2ccc(Br)cc2)c(N)c1. The van der Waals surface area contributed by atoms with Gasteiger partial charge in [-0.3, -0.25) is 4.79 Å². The van der Waals surface area contributed by atoms with Crippen molar-refractivity contribution in [2.75, 3.05) is 17.6 Å². The van der Waals surface area contributed by atoms with Crippen molar-refractivity contribution < 1.29 is 4.79 Å².